The quantitative estimate of drug-likeness (QED) is 0.476. The van der Waals surface area contributed by atoms with E-state index < -0.39 is 0 Å². The van der Waals surface area contributed by atoms with Crippen molar-refractivity contribution >= 4 is 23.1 Å². The summed E-state index contributed by atoms with van der Waals surface area (Å²) in [7, 11) is 0. The van der Waals surface area contributed by atoms with Crippen LogP contribution in [0.2, 0.25) is 0 Å². The van der Waals surface area contributed by atoms with E-state index in [4.69, 9.17) is 4.98 Å². The van der Waals surface area contributed by atoms with Crippen LogP contribution in [0.25, 0.3) is 27.6 Å². The monoisotopic (exact) mass is 365 g/mol. The van der Waals surface area contributed by atoms with Gasteiger partial charge in [0.25, 0.3) is 0 Å². The number of halogens is 1. The van der Waals surface area contributed by atoms with Gasteiger partial charge in [0.1, 0.15) is 5.82 Å². The first-order valence-corrected chi connectivity index (χ1v) is 9.67. The first kappa shape index (κ1) is 14.9. The lowest BCUT2D eigenvalue weighted by Gasteiger charge is -2.17. The third-order valence-electron chi connectivity index (χ3n) is 4.17. The Morgan fingerprint density at radius 1 is 1.08 bits per heavy atom. The second-order valence-corrected chi connectivity index (χ2v) is 7.59. The Labute approximate surface area is 152 Å². The lowest BCUT2D eigenvalue weighted by molar-refractivity contribution is 0.627. The van der Waals surface area contributed by atoms with Crippen molar-refractivity contribution in [3.05, 3.63) is 71.5 Å². The van der Waals surface area contributed by atoms with Crippen molar-refractivity contribution < 1.29 is 4.39 Å². The molecule has 6 heteroatoms. The smallest absolute Gasteiger partial charge is 0.211 e. The molecule has 0 fully saturated rings. The number of rotatable bonds is 2. The van der Waals surface area contributed by atoms with Crippen LogP contribution in [0.4, 0.5) is 4.39 Å². The van der Waals surface area contributed by atoms with E-state index in [-0.39, 0.29) is 5.82 Å². The molecule has 0 aliphatic carbocycles. The van der Waals surface area contributed by atoms with E-state index in [2.05, 4.69) is 5.10 Å². The van der Waals surface area contributed by atoms with E-state index in [9.17, 15) is 4.39 Å². The number of nitrogens with zero attached hydrogens (tertiary/aromatic N) is 3. The minimum atomic E-state index is -0.232. The van der Waals surface area contributed by atoms with Gasteiger partial charge >= 0.3 is 0 Å². The highest BCUT2D eigenvalue weighted by Gasteiger charge is 2.24. The third kappa shape index (κ3) is 2.49. The highest BCUT2D eigenvalue weighted by atomic mass is 32.2. The molecule has 122 valence electrons. The molecule has 25 heavy (non-hydrogen) atoms. The number of hydrogen-bond acceptors (Lipinski definition) is 4. The van der Waals surface area contributed by atoms with Crippen LogP contribution in [-0.4, -0.2) is 14.8 Å². The van der Waals surface area contributed by atoms with Gasteiger partial charge in [-0.25, -0.2) is 14.1 Å². The maximum absolute atomic E-state index is 13.8. The van der Waals surface area contributed by atoms with Crippen molar-refractivity contribution in [3.8, 4) is 27.6 Å². The van der Waals surface area contributed by atoms with Crippen LogP contribution in [0.15, 0.2) is 65.0 Å². The predicted octanol–water partition coefficient (Wildman–Crippen LogP) is 5.41. The Morgan fingerprint density at radius 2 is 1.96 bits per heavy atom. The van der Waals surface area contributed by atoms with Gasteiger partial charge in [0.15, 0.2) is 0 Å². The van der Waals surface area contributed by atoms with E-state index in [1.807, 2.05) is 52.7 Å². The molecular formula is C19H12FN3S2. The average Bonchev–Trinajstić information content (AvgIpc) is 3.29. The van der Waals surface area contributed by atoms with Crippen LogP contribution in [0.1, 0.15) is 5.56 Å². The van der Waals surface area contributed by atoms with Crippen molar-refractivity contribution in [2.75, 3.05) is 0 Å². The fourth-order valence-corrected chi connectivity index (χ4v) is 4.78. The van der Waals surface area contributed by atoms with Crippen molar-refractivity contribution in [1.82, 2.24) is 14.8 Å². The molecule has 0 radical (unpaired) electrons. The Balaban J connectivity index is 1.64. The molecule has 2 aromatic carbocycles. The van der Waals surface area contributed by atoms with Gasteiger partial charge in [-0.15, -0.1) is 23.1 Å². The zero-order chi connectivity index (χ0) is 16.8. The van der Waals surface area contributed by atoms with Crippen LogP contribution in [0.5, 0.6) is 0 Å². The van der Waals surface area contributed by atoms with Crippen molar-refractivity contribution in [3.63, 3.8) is 0 Å². The number of thioether (sulfide) groups is 1. The largest absolute Gasteiger partial charge is 0.218 e. The zero-order valence-electron chi connectivity index (χ0n) is 13.0. The number of hydrogen-bond donors (Lipinski definition) is 0. The Morgan fingerprint density at radius 3 is 2.84 bits per heavy atom. The third-order valence-corrected chi connectivity index (χ3v) is 6.11. The van der Waals surface area contributed by atoms with Crippen molar-refractivity contribution in [2.45, 2.75) is 10.6 Å². The summed E-state index contributed by atoms with van der Waals surface area (Å²) in [5, 5.41) is 7.36. The first-order valence-electron chi connectivity index (χ1n) is 7.80. The molecule has 0 unspecified atom stereocenters. The Bertz CT molecular complexity index is 1070. The zero-order valence-corrected chi connectivity index (χ0v) is 14.6. The number of benzene rings is 2. The van der Waals surface area contributed by atoms with Crippen molar-refractivity contribution in [1.29, 1.82) is 0 Å². The Hall–Kier alpha value is -2.44. The lowest BCUT2D eigenvalue weighted by atomic mass is 10.1. The standard InChI is InChI=1S/C19H12FN3S2/c20-14-6-7-17-15(8-14)18-13(10-24-17)9-21-23(18)19-22-16(11-25-19)12-4-2-1-3-5-12/h1-9,11H,10H2. The van der Waals surface area contributed by atoms with Crippen molar-refractivity contribution in [2.24, 2.45) is 0 Å². The highest BCUT2D eigenvalue weighted by molar-refractivity contribution is 7.98. The molecule has 3 heterocycles. The summed E-state index contributed by atoms with van der Waals surface area (Å²) in [6.07, 6.45) is 1.86. The van der Waals surface area contributed by atoms with Crippen LogP contribution < -0.4 is 0 Å². The van der Waals surface area contributed by atoms with Crippen LogP contribution in [0, 0.1) is 5.82 Å². The minimum Gasteiger partial charge on any atom is -0.218 e. The summed E-state index contributed by atoms with van der Waals surface area (Å²) >= 11 is 3.26. The van der Waals surface area contributed by atoms with Gasteiger partial charge in [0.05, 0.1) is 17.6 Å². The molecule has 0 saturated carbocycles. The molecule has 0 atom stereocenters. The van der Waals surface area contributed by atoms with E-state index in [0.717, 1.165) is 43.9 Å². The fraction of sp³-hybridized carbons (Fsp3) is 0.0526. The average molecular weight is 365 g/mol. The fourth-order valence-electron chi connectivity index (χ4n) is 2.99. The summed E-state index contributed by atoms with van der Waals surface area (Å²) in [4.78, 5) is 5.82. The van der Waals surface area contributed by atoms with Gasteiger partial charge in [0.2, 0.25) is 5.13 Å². The molecular weight excluding hydrogens is 353 g/mol. The van der Waals surface area contributed by atoms with Crippen LogP contribution in [0.3, 0.4) is 0 Å². The van der Waals surface area contributed by atoms with E-state index in [1.54, 1.807) is 29.2 Å². The maximum Gasteiger partial charge on any atom is 0.211 e. The molecule has 2 aromatic heterocycles. The lowest BCUT2D eigenvalue weighted by Crippen LogP contribution is -2.03. The molecule has 0 N–H and O–H groups in total. The number of aromatic nitrogens is 3. The summed E-state index contributed by atoms with van der Waals surface area (Å²) in [6.45, 7) is 0. The molecule has 0 amide bonds. The molecule has 1 aliphatic rings. The molecule has 0 spiro atoms. The molecule has 3 nitrogen and oxygen atoms in total. The molecule has 0 saturated heterocycles. The predicted molar refractivity (Wildman–Crippen MR) is 99.6 cm³/mol. The SMILES string of the molecule is Fc1ccc2c(c1)-c1c(cnn1-c1nc(-c3ccccc3)cs1)CS2. The van der Waals surface area contributed by atoms with E-state index >= 15 is 0 Å². The van der Waals surface area contributed by atoms with Gasteiger partial charge in [-0.05, 0) is 18.2 Å². The molecule has 5 rings (SSSR count). The molecule has 1 aliphatic heterocycles. The highest BCUT2D eigenvalue weighted by Crippen LogP contribution is 2.42. The van der Waals surface area contributed by atoms with Gasteiger partial charge in [-0.2, -0.15) is 5.10 Å². The summed E-state index contributed by atoms with van der Waals surface area (Å²) in [5.41, 5.74) is 4.95. The normalized spacial score (nSPS) is 12.7. The minimum absolute atomic E-state index is 0.232. The van der Waals surface area contributed by atoms with Gasteiger partial charge in [0, 0.05) is 32.7 Å². The molecule has 0 bridgehead atoms. The number of fused-ring (bicyclic) bond motifs is 3. The molecule has 4 aromatic rings. The topological polar surface area (TPSA) is 30.7 Å². The summed E-state index contributed by atoms with van der Waals surface area (Å²) in [6, 6.07) is 15.0. The second kappa shape index (κ2) is 5.82. The summed E-state index contributed by atoms with van der Waals surface area (Å²) < 4.78 is 15.6. The van der Waals surface area contributed by atoms with E-state index in [1.165, 1.54) is 6.07 Å². The van der Waals surface area contributed by atoms with Crippen LogP contribution >= 0.6 is 23.1 Å². The van der Waals surface area contributed by atoms with Gasteiger partial charge in [-0.3, -0.25) is 0 Å². The van der Waals surface area contributed by atoms with E-state index in [0.29, 0.717) is 0 Å². The summed E-state index contributed by atoms with van der Waals surface area (Å²) in [5.74, 6) is 0.606. The first-order chi connectivity index (χ1) is 12.3. The van der Waals surface area contributed by atoms with Gasteiger partial charge in [-0.1, -0.05) is 30.3 Å². The van der Waals surface area contributed by atoms with Crippen LogP contribution in [-0.2, 0) is 5.75 Å². The van der Waals surface area contributed by atoms with Gasteiger partial charge < -0.3 is 0 Å². The second-order valence-electron chi connectivity index (χ2n) is 5.74. The maximum atomic E-state index is 13.8. The Kier molecular flexibility index (Phi) is 3.46. The number of thiazole rings is 1.